The molecule has 8 heteroatoms. The molecule has 0 unspecified atom stereocenters. The van der Waals surface area contributed by atoms with Crippen molar-refractivity contribution in [2.45, 2.75) is 0 Å². The van der Waals surface area contributed by atoms with Gasteiger partial charge in [0.05, 0.1) is 17.1 Å². The summed E-state index contributed by atoms with van der Waals surface area (Å²) < 4.78 is 0.838. The van der Waals surface area contributed by atoms with Crippen LogP contribution in [0.2, 0.25) is 5.02 Å². The van der Waals surface area contributed by atoms with E-state index in [1.807, 2.05) is 0 Å². The van der Waals surface area contributed by atoms with Gasteiger partial charge in [0.15, 0.2) is 0 Å². The van der Waals surface area contributed by atoms with Gasteiger partial charge in [0.25, 0.3) is 17.7 Å². The second-order valence-corrected chi connectivity index (χ2v) is 5.99. The molecule has 3 N–H and O–H groups in total. The summed E-state index contributed by atoms with van der Waals surface area (Å²) >= 11 is 9.16. The minimum atomic E-state index is -0.569. The van der Waals surface area contributed by atoms with Gasteiger partial charge in [0.1, 0.15) is 0 Å². The minimum absolute atomic E-state index is 0.269. The van der Waals surface area contributed by atoms with E-state index in [0.29, 0.717) is 10.6 Å². The molecular weight excluding hydrogens is 398 g/mol. The molecule has 0 saturated heterocycles. The van der Waals surface area contributed by atoms with Crippen LogP contribution in [0.1, 0.15) is 20.7 Å². The molecule has 2 rings (SSSR count). The molecule has 3 amide bonds. The molecule has 0 aromatic heterocycles. The van der Waals surface area contributed by atoms with Crippen molar-refractivity contribution in [1.29, 1.82) is 0 Å². The average Bonchev–Trinajstić information content (AvgIpc) is 2.58. The fraction of sp³-hybridized carbons (Fsp3) is 0.0625. The van der Waals surface area contributed by atoms with Crippen molar-refractivity contribution in [2.75, 3.05) is 6.54 Å². The van der Waals surface area contributed by atoms with E-state index in [0.717, 1.165) is 4.47 Å². The Morgan fingerprint density at radius 2 is 1.58 bits per heavy atom. The molecular formula is C16H13BrClN3O3. The fourth-order valence-corrected chi connectivity index (χ4v) is 2.23. The standard InChI is InChI=1S/C16H13BrClN3O3/c17-11-7-5-10(6-8-11)15(23)21-20-14(22)9-19-16(24)12-3-1-2-4-13(12)18/h1-8H,9H2,(H,19,24)(H,20,22)(H,21,23). The van der Waals surface area contributed by atoms with Crippen molar-refractivity contribution >= 4 is 45.3 Å². The van der Waals surface area contributed by atoms with E-state index in [9.17, 15) is 14.4 Å². The van der Waals surface area contributed by atoms with Crippen molar-refractivity contribution in [1.82, 2.24) is 16.2 Å². The van der Waals surface area contributed by atoms with Gasteiger partial charge in [-0.25, -0.2) is 0 Å². The van der Waals surface area contributed by atoms with Gasteiger partial charge in [-0.15, -0.1) is 0 Å². The van der Waals surface area contributed by atoms with Gasteiger partial charge in [-0.3, -0.25) is 25.2 Å². The fourth-order valence-electron chi connectivity index (χ4n) is 1.75. The van der Waals surface area contributed by atoms with E-state index >= 15 is 0 Å². The largest absolute Gasteiger partial charge is 0.343 e. The Labute approximate surface area is 151 Å². The highest BCUT2D eigenvalue weighted by atomic mass is 79.9. The molecule has 0 aliphatic heterocycles. The number of halogens is 2. The number of carbonyl (C=O) groups is 3. The second kappa shape index (κ2) is 8.47. The van der Waals surface area contributed by atoms with Crippen LogP contribution in [0.15, 0.2) is 53.0 Å². The third-order valence-electron chi connectivity index (χ3n) is 2.95. The van der Waals surface area contributed by atoms with Crippen LogP contribution < -0.4 is 16.2 Å². The van der Waals surface area contributed by atoms with Crippen molar-refractivity contribution in [3.63, 3.8) is 0 Å². The molecule has 124 valence electrons. The topological polar surface area (TPSA) is 87.3 Å². The van der Waals surface area contributed by atoms with E-state index in [1.54, 1.807) is 48.5 Å². The zero-order chi connectivity index (χ0) is 17.5. The lowest BCUT2D eigenvalue weighted by Gasteiger charge is -2.09. The smallest absolute Gasteiger partial charge is 0.269 e. The summed E-state index contributed by atoms with van der Waals surface area (Å²) in [5.74, 6) is -1.51. The Morgan fingerprint density at radius 1 is 0.917 bits per heavy atom. The molecule has 24 heavy (non-hydrogen) atoms. The summed E-state index contributed by atoms with van der Waals surface area (Å²) in [6.07, 6.45) is 0. The van der Waals surface area contributed by atoms with E-state index in [2.05, 4.69) is 32.1 Å². The number of hydrogen-bond donors (Lipinski definition) is 3. The predicted molar refractivity (Wildman–Crippen MR) is 93.5 cm³/mol. The maximum atomic E-state index is 11.9. The van der Waals surface area contributed by atoms with E-state index < -0.39 is 17.7 Å². The number of hydrogen-bond acceptors (Lipinski definition) is 3. The molecule has 0 bridgehead atoms. The van der Waals surface area contributed by atoms with Gasteiger partial charge in [-0.05, 0) is 36.4 Å². The van der Waals surface area contributed by atoms with Crippen LogP contribution in [-0.4, -0.2) is 24.3 Å². The van der Waals surface area contributed by atoms with Crippen LogP contribution in [0.25, 0.3) is 0 Å². The summed E-state index contributed by atoms with van der Waals surface area (Å²) in [6.45, 7) is -0.301. The average molecular weight is 411 g/mol. The lowest BCUT2D eigenvalue weighted by atomic mass is 10.2. The van der Waals surface area contributed by atoms with Gasteiger partial charge < -0.3 is 5.32 Å². The highest BCUT2D eigenvalue weighted by molar-refractivity contribution is 9.10. The van der Waals surface area contributed by atoms with Crippen LogP contribution in [0.4, 0.5) is 0 Å². The summed E-state index contributed by atoms with van der Waals surface area (Å²) in [7, 11) is 0. The maximum absolute atomic E-state index is 11.9. The first-order chi connectivity index (χ1) is 11.5. The van der Waals surface area contributed by atoms with Gasteiger partial charge in [0.2, 0.25) is 0 Å². The number of hydrazine groups is 1. The maximum Gasteiger partial charge on any atom is 0.269 e. The molecule has 2 aromatic rings. The molecule has 0 aliphatic rings. The van der Waals surface area contributed by atoms with Gasteiger partial charge in [-0.2, -0.15) is 0 Å². The highest BCUT2D eigenvalue weighted by Gasteiger charge is 2.12. The molecule has 0 heterocycles. The van der Waals surface area contributed by atoms with Crippen LogP contribution >= 0.6 is 27.5 Å². The molecule has 6 nitrogen and oxygen atoms in total. The number of nitrogens with one attached hydrogen (secondary N) is 3. The van der Waals surface area contributed by atoms with Crippen molar-refractivity contribution in [3.8, 4) is 0 Å². The lowest BCUT2D eigenvalue weighted by Crippen LogP contribution is -2.46. The first kappa shape index (κ1) is 18.0. The summed E-state index contributed by atoms with van der Waals surface area (Å²) in [5.41, 5.74) is 5.14. The Balaban J connectivity index is 1.79. The SMILES string of the molecule is O=C(CNC(=O)c1ccccc1Cl)NNC(=O)c1ccc(Br)cc1. The lowest BCUT2D eigenvalue weighted by molar-refractivity contribution is -0.120. The monoisotopic (exact) mass is 409 g/mol. The van der Waals surface area contributed by atoms with Crippen molar-refractivity contribution in [2.24, 2.45) is 0 Å². The summed E-state index contributed by atoms with van der Waals surface area (Å²) in [6, 6.07) is 13.1. The number of rotatable bonds is 4. The van der Waals surface area contributed by atoms with Crippen LogP contribution in [0.5, 0.6) is 0 Å². The molecule has 0 radical (unpaired) electrons. The van der Waals surface area contributed by atoms with Gasteiger partial charge in [-0.1, -0.05) is 39.7 Å². The van der Waals surface area contributed by atoms with Crippen LogP contribution in [0.3, 0.4) is 0 Å². The Bertz CT molecular complexity index is 765. The molecule has 0 aliphatic carbocycles. The molecule has 0 fully saturated rings. The number of carbonyl (C=O) groups excluding carboxylic acids is 3. The Hall–Kier alpha value is -2.38. The molecule has 0 saturated carbocycles. The summed E-state index contributed by atoms with van der Waals surface area (Å²) in [4.78, 5) is 35.4. The van der Waals surface area contributed by atoms with E-state index in [-0.39, 0.29) is 12.1 Å². The van der Waals surface area contributed by atoms with Crippen LogP contribution in [-0.2, 0) is 4.79 Å². The third-order valence-corrected chi connectivity index (χ3v) is 3.81. The third kappa shape index (κ3) is 5.07. The number of benzene rings is 2. The first-order valence-corrected chi connectivity index (χ1v) is 8.02. The molecule has 2 aromatic carbocycles. The normalized spacial score (nSPS) is 9.92. The highest BCUT2D eigenvalue weighted by Crippen LogP contribution is 2.14. The first-order valence-electron chi connectivity index (χ1n) is 6.85. The van der Waals surface area contributed by atoms with Gasteiger partial charge >= 0.3 is 0 Å². The van der Waals surface area contributed by atoms with E-state index in [4.69, 9.17) is 11.6 Å². The quantitative estimate of drug-likeness (QED) is 0.676. The Morgan fingerprint density at radius 3 is 2.25 bits per heavy atom. The zero-order valence-corrected chi connectivity index (χ0v) is 14.6. The van der Waals surface area contributed by atoms with Crippen molar-refractivity contribution in [3.05, 3.63) is 69.2 Å². The Kier molecular flexibility index (Phi) is 6.34. The van der Waals surface area contributed by atoms with E-state index in [1.165, 1.54) is 0 Å². The predicted octanol–water partition coefficient (Wildman–Crippen LogP) is 2.29. The zero-order valence-electron chi connectivity index (χ0n) is 12.3. The van der Waals surface area contributed by atoms with Gasteiger partial charge in [0, 0.05) is 10.0 Å². The summed E-state index contributed by atoms with van der Waals surface area (Å²) in [5, 5.41) is 2.71. The minimum Gasteiger partial charge on any atom is -0.343 e. The number of amides is 3. The van der Waals surface area contributed by atoms with Crippen LogP contribution in [0, 0.1) is 0 Å². The second-order valence-electron chi connectivity index (χ2n) is 4.67. The molecule has 0 atom stereocenters. The van der Waals surface area contributed by atoms with Crippen molar-refractivity contribution < 1.29 is 14.4 Å². The molecule has 0 spiro atoms.